The summed E-state index contributed by atoms with van der Waals surface area (Å²) in [6.45, 7) is 0. The van der Waals surface area contributed by atoms with Crippen molar-refractivity contribution in [2.24, 2.45) is 11.7 Å². The lowest BCUT2D eigenvalue weighted by Crippen LogP contribution is -2.10. The molecule has 1 atom stereocenters. The van der Waals surface area contributed by atoms with Crippen molar-refractivity contribution in [1.29, 1.82) is 0 Å². The van der Waals surface area contributed by atoms with Crippen LogP contribution in [-0.4, -0.2) is 0 Å². The fraction of sp³-hybridized carbons (Fsp3) is 0.500. The molecule has 1 aliphatic carbocycles. The monoisotopic (exact) mass is 253 g/mol. The van der Waals surface area contributed by atoms with Crippen LogP contribution >= 0.6 is 15.9 Å². The Morgan fingerprint density at radius 2 is 2.21 bits per heavy atom. The van der Waals surface area contributed by atoms with Crippen molar-refractivity contribution in [3.63, 3.8) is 0 Å². The van der Waals surface area contributed by atoms with Gasteiger partial charge in [-0.2, -0.15) is 0 Å². The second-order valence-electron chi connectivity index (χ2n) is 4.18. The molecule has 2 N–H and O–H groups in total. The molecule has 0 aromatic heterocycles. The first-order chi connectivity index (χ1) is 6.75. The van der Waals surface area contributed by atoms with E-state index >= 15 is 0 Å². The molecule has 1 fully saturated rings. The standard InChI is InChI=1S/C12H16BrN/c13-11-3-1-2-10(8-11)12(14)7-6-9-4-5-9/h1-3,8-9,12H,4-7,14H2. The molecule has 2 heteroatoms. The molecule has 14 heavy (non-hydrogen) atoms. The molecule has 0 spiro atoms. The third kappa shape index (κ3) is 2.82. The summed E-state index contributed by atoms with van der Waals surface area (Å²) in [4.78, 5) is 0. The topological polar surface area (TPSA) is 26.0 Å². The van der Waals surface area contributed by atoms with Crippen molar-refractivity contribution in [3.8, 4) is 0 Å². The largest absolute Gasteiger partial charge is 0.324 e. The van der Waals surface area contributed by atoms with Gasteiger partial charge >= 0.3 is 0 Å². The maximum atomic E-state index is 6.12. The van der Waals surface area contributed by atoms with Gasteiger partial charge in [0.25, 0.3) is 0 Å². The van der Waals surface area contributed by atoms with Crippen LogP contribution < -0.4 is 5.73 Å². The Morgan fingerprint density at radius 3 is 2.86 bits per heavy atom. The second kappa shape index (κ2) is 4.45. The summed E-state index contributed by atoms with van der Waals surface area (Å²) in [6, 6.07) is 8.54. The average Bonchev–Trinajstić information content (AvgIpc) is 2.97. The van der Waals surface area contributed by atoms with E-state index in [1.165, 1.54) is 24.8 Å². The number of hydrogen-bond donors (Lipinski definition) is 1. The van der Waals surface area contributed by atoms with Gasteiger partial charge < -0.3 is 5.73 Å². The molecular weight excluding hydrogens is 238 g/mol. The third-order valence-corrected chi connectivity index (χ3v) is 3.35. The maximum absolute atomic E-state index is 6.12. The quantitative estimate of drug-likeness (QED) is 0.872. The highest BCUT2D eigenvalue weighted by atomic mass is 79.9. The molecule has 1 saturated carbocycles. The molecule has 0 aliphatic heterocycles. The molecule has 0 bridgehead atoms. The van der Waals surface area contributed by atoms with Gasteiger partial charge in [-0.05, 0) is 36.5 Å². The van der Waals surface area contributed by atoms with E-state index in [2.05, 4.69) is 34.1 Å². The molecule has 0 amide bonds. The molecule has 0 heterocycles. The van der Waals surface area contributed by atoms with E-state index in [1.807, 2.05) is 6.07 Å². The minimum Gasteiger partial charge on any atom is -0.324 e. The van der Waals surface area contributed by atoms with Crippen LogP contribution in [0.5, 0.6) is 0 Å². The van der Waals surface area contributed by atoms with Gasteiger partial charge in [0.1, 0.15) is 0 Å². The maximum Gasteiger partial charge on any atom is 0.0295 e. The predicted molar refractivity (Wildman–Crippen MR) is 63.0 cm³/mol. The van der Waals surface area contributed by atoms with Gasteiger partial charge in [-0.25, -0.2) is 0 Å². The van der Waals surface area contributed by atoms with E-state index in [9.17, 15) is 0 Å². The molecule has 0 saturated heterocycles. The first-order valence-electron chi connectivity index (χ1n) is 5.27. The van der Waals surface area contributed by atoms with E-state index in [4.69, 9.17) is 5.73 Å². The number of nitrogens with two attached hydrogens (primary N) is 1. The summed E-state index contributed by atoms with van der Waals surface area (Å²) in [5.74, 6) is 0.980. The highest BCUT2D eigenvalue weighted by Gasteiger charge is 2.21. The summed E-state index contributed by atoms with van der Waals surface area (Å²) in [6.07, 6.45) is 5.27. The Morgan fingerprint density at radius 1 is 1.43 bits per heavy atom. The van der Waals surface area contributed by atoms with Crippen LogP contribution in [0.3, 0.4) is 0 Å². The fourth-order valence-corrected chi connectivity index (χ4v) is 2.14. The van der Waals surface area contributed by atoms with Crippen molar-refractivity contribution in [2.45, 2.75) is 31.7 Å². The van der Waals surface area contributed by atoms with Crippen molar-refractivity contribution < 1.29 is 0 Å². The second-order valence-corrected chi connectivity index (χ2v) is 5.10. The lowest BCUT2D eigenvalue weighted by molar-refractivity contribution is 0.575. The smallest absolute Gasteiger partial charge is 0.0295 e. The van der Waals surface area contributed by atoms with Crippen LogP contribution in [0.2, 0.25) is 0 Å². The van der Waals surface area contributed by atoms with Gasteiger partial charge in [0.05, 0.1) is 0 Å². The van der Waals surface area contributed by atoms with Gasteiger partial charge in [0.15, 0.2) is 0 Å². The molecule has 1 aliphatic rings. The van der Waals surface area contributed by atoms with Crippen molar-refractivity contribution >= 4 is 15.9 Å². The van der Waals surface area contributed by atoms with Crippen LogP contribution in [0.15, 0.2) is 28.7 Å². The van der Waals surface area contributed by atoms with Gasteiger partial charge in [-0.1, -0.05) is 40.9 Å². The van der Waals surface area contributed by atoms with Gasteiger partial charge in [0, 0.05) is 10.5 Å². The third-order valence-electron chi connectivity index (χ3n) is 2.86. The minimum absolute atomic E-state index is 0.216. The Labute approximate surface area is 93.8 Å². The normalized spacial score (nSPS) is 18.1. The summed E-state index contributed by atoms with van der Waals surface area (Å²) in [7, 11) is 0. The zero-order valence-electron chi connectivity index (χ0n) is 8.25. The Balaban J connectivity index is 1.91. The molecular formula is C12H16BrN. The van der Waals surface area contributed by atoms with E-state index in [0.29, 0.717) is 0 Å². The Kier molecular flexibility index (Phi) is 3.24. The molecule has 2 rings (SSSR count). The zero-order valence-corrected chi connectivity index (χ0v) is 9.83. The van der Waals surface area contributed by atoms with Crippen LogP contribution in [0.4, 0.5) is 0 Å². The van der Waals surface area contributed by atoms with Gasteiger partial charge in [0.2, 0.25) is 0 Å². The molecule has 1 aromatic carbocycles. The highest BCUT2D eigenvalue weighted by molar-refractivity contribution is 9.10. The van der Waals surface area contributed by atoms with Gasteiger partial charge in [-0.15, -0.1) is 0 Å². The zero-order chi connectivity index (χ0) is 9.97. The van der Waals surface area contributed by atoms with Crippen molar-refractivity contribution in [3.05, 3.63) is 34.3 Å². The number of rotatable bonds is 4. The number of halogens is 1. The first-order valence-corrected chi connectivity index (χ1v) is 6.06. The highest BCUT2D eigenvalue weighted by Crippen LogP contribution is 2.35. The summed E-state index contributed by atoms with van der Waals surface area (Å²) >= 11 is 3.47. The van der Waals surface area contributed by atoms with Crippen LogP contribution in [0.25, 0.3) is 0 Å². The van der Waals surface area contributed by atoms with Crippen molar-refractivity contribution in [1.82, 2.24) is 0 Å². The Bertz CT molecular complexity index is 307. The van der Waals surface area contributed by atoms with E-state index in [1.54, 1.807) is 0 Å². The summed E-state index contributed by atoms with van der Waals surface area (Å²) in [5.41, 5.74) is 7.37. The van der Waals surface area contributed by atoms with Crippen LogP contribution in [0, 0.1) is 5.92 Å². The number of hydrogen-bond acceptors (Lipinski definition) is 1. The summed E-state index contributed by atoms with van der Waals surface area (Å²) in [5, 5.41) is 0. The van der Waals surface area contributed by atoms with Crippen LogP contribution in [-0.2, 0) is 0 Å². The van der Waals surface area contributed by atoms with Crippen LogP contribution in [0.1, 0.15) is 37.3 Å². The predicted octanol–water partition coefficient (Wildman–Crippen LogP) is 3.64. The lowest BCUT2D eigenvalue weighted by Gasteiger charge is -2.11. The molecule has 76 valence electrons. The first kappa shape index (κ1) is 10.2. The fourth-order valence-electron chi connectivity index (χ4n) is 1.73. The van der Waals surface area contributed by atoms with E-state index in [0.717, 1.165) is 16.8 Å². The minimum atomic E-state index is 0.216. The molecule has 1 aromatic rings. The van der Waals surface area contributed by atoms with E-state index in [-0.39, 0.29) is 6.04 Å². The van der Waals surface area contributed by atoms with Crippen molar-refractivity contribution in [2.75, 3.05) is 0 Å². The molecule has 1 unspecified atom stereocenters. The Hall–Kier alpha value is -0.340. The SMILES string of the molecule is NC(CCC1CC1)c1cccc(Br)c1. The molecule has 1 nitrogen and oxygen atoms in total. The average molecular weight is 254 g/mol. The molecule has 0 radical (unpaired) electrons. The van der Waals surface area contributed by atoms with Gasteiger partial charge in [-0.3, -0.25) is 0 Å². The summed E-state index contributed by atoms with van der Waals surface area (Å²) < 4.78 is 1.12. The van der Waals surface area contributed by atoms with E-state index < -0.39 is 0 Å². The lowest BCUT2D eigenvalue weighted by atomic mass is 10.0. The number of benzene rings is 1.